The van der Waals surface area contributed by atoms with Crippen molar-refractivity contribution in [2.75, 3.05) is 6.54 Å². The molecule has 16 heteroatoms. The van der Waals surface area contributed by atoms with Crippen molar-refractivity contribution < 1.29 is 28.8 Å². The molecule has 3 aliphatic heterocycles. The molecule has 1 saturated carbocycles. The molecule has 5 aromatic rings. The molecule has 2 aromatic heterocycles. The molecule has 4 fully saturated rings. The molecule has 8 N–H and O–H groups in total. The quantitative estimate of drug-likeness (QED) is 0.132. The van der Waals surface area contributed by atoms with E-state index < -0.39 is 77.4 Å². The highest BCUT2D eigenvalue weighted by Gasteiger charge is 2.50. The summed E-state index contributed by atoms with van der Waals surface area (Å²) in [4.78, 5) is 98.8. The van der Waals surface area contributed by atoms with Gasteiger partial charge in [-0.25, -0.2) is 0 Å². The zero-order valence-electron chi connectivity index (χ0n) is 35.7. The number of H-pyrrole nitrogens is 2. The van der Waals surface area contributed by atoms with Gasteiger partial charge < -0.3 is 46.8 Å². The van der Waals surface area contributed by atoms with E-state index in [-0.39, 0.29) is 25.3 Å². The molecule has 9 rings (SSSR count). The molecule has 1 spiro atoms. The molecule has 64 heavy (non-hydrogen) atoms. The summed E-state index contributed by atoms with van der Waals surface area (Å²) in [5.74, 6) is -3.13. The Bertz CT molecular complexity index is 2600. The van der Waals surface area contributed by atoms with E-state index in [0.717, 1.165) is 43.0 Å². The molecule has 6 amide bonds. The highest BCUT2D eigenvalue weighted by molar-refractivity contribution is 9.10. The van der Waals surface area contributed by atoms with Crippen LogP contribution in [0.5, 0.6) is 0 Å². The van der Waals surface area contributed by atoms with Crippen LogP contribution in [0.1, 0.15) is 81.0 Å². The molecule has 7 atom stereocenters. The van der Waals surface area contributed by atoms with Gasteiger partial charge in [0.25, 0.3) is 0 Å². The second-order valence-corrected chi connectivity index (χ2v) is 18.8. The van der Waals surface area contributed by atoms with Crippen molar-refractivity contribution in [3.05, 3.63) is 106 Å². The van der Waals surface area contributed by atoms with Gasteiger partial charge in [0.2, 0.25) is 35.4 Å². The van der Waals surface area contributed by atoms with Crippen LogP contribution >= 0.6 is 15.9 Å². The molecular formula is C48H54BrN9O6. The number of nitrogens with zero attached hydrogens (tertiary/aromatic N) is 2. The number of rotatable bonds is 6. The monoisotopic (exact) mass is 931 g/mol. The number of nitrogens with two attached hydrogens (primary N) is 1. The summed E-state index contributed by atoms with van der Waals surface area (Å²) < 4.78 is 0.856. The Balaban J connectivity index is 1.13. The first-order valence-corrected chi connectivity index (χ1v) is 23.2. The minimum atomic E-state index is -1.41. The molecule has 0 radical (unpaired) electrons. The van der Waals surface area contributed by atoms with Crippen LogP contribution in [-0.2, 0) is 41.6 Å². The molecule has 4 aliphatic rings. The van der Waals surface area contributed by atoms with Gasteiger partial charge in [-0.3, -0.25) is 28.8 Å². The van der Waals surface area contributed by atoms with Crippen molar-refractivity contribution in [1.29, 1.82) is 0 Å². The Hall–Kier alpha value is -6.00. The predicted molar refractivity (Wildman–Crippen MR) is 244 cm³/mol. The van der Waals surface area contributed by atoms with E-state index in [2.05, 4.69) is 47.2 Å². The lowest BCUT2D eigenvalue weighted by molar-refractivity contribution is -0.150. The maximum Gasteiger partial charge on any atom is 0.247 e. The normalized spacial score (nSPS) is 26.3. The Kier molecular flexibility index (Phi) is 12.1. The second kappa shape index (κ2) is 17.9. The lowest BCUT2D eigenvalue weighted by atomic mass is 9.93. The summed E-state index contributed by atoms with van der Waals surface area (Å²) in [6.45, 7) is 1.86. The van der Waals surface area contributed by atoms with Gasteiger partial charge in [0, 0.05) is 64.1 Å². The zero-order chi connectivity index (χ0) is 44.7. The van der Waals surface area contributed by atoms with Crippen molar-refractivity contribution in [2.45, 2.75) is 119 Å². The van der Waals surface area contributed by atoms with Crippen molar-refractivity contribution in [3.63, 3.8) is 0 Å². The summed E-state index contributed by atoms with van der Waals surface area (Å²) in [5, 5.41) is 13.8. The third kappa shape index (κ3) is 8.28. The number of aromatic amines is 2. The topological polar surface area (TPSA) is 215 Å². The Morgan fingerprint density at radius 3 is 1.89 bits per heavy atom. The molecule has 1 aliphatic carbocycles. The Morgan fingerprint density at radius 2 is 1.27 bits per heavy atom. The summed E-state index contributed by atoms with van der Waals surface area (Å²) >= 11 is 3.51. The minimum Gasteiger partial charge on any atom is -0.361 e. The minimum absolute atomic E-state index is 0.0589. The van der Waals surface area contributed by atoms with E-state index in [4.69, 9.17) is 5.73 Å². The van der Waals surface area contributed by atoms with E-state index in [1.807, 2.05) is 79.0 Å². The number of aromatic nitrogens is 2. The van der Waals surface area contributed by atoms with Gasteiger partial charge in [-0.2, -0.15) is 0 Å². The van der Waals surface area contributed by atoms with Crippen LogP contribution in [0.25, 0.3) is 21.8 Å². The van der Waals surface area contributed by atoms with Gasteiger partial charge in [-0.1, -0.05) is 77.3 Å². The van der Waals surface area contributed by atoms with E-state index in [1.165, 1.54) is 4.90 Å². The zero-order valence-corrected chi connectivity index (χ0v) is 37.3. The summed E-state index contributed by atoms with van der Waals surface area (Å²) in [5.41, 5.74) is 9.18. The predicted octanol–water partition coefficient (Wildman–Crippen LogP) is 4.16. The van der Waals surface area contributed by atoms with Gasteiger partial charge in [0.05, 0.1) is 6.04 Å². The smallest absolute Gasteiger partial charge is 0.247 e. The van der Waals surface area contributed by atoms with Crippen molar-refractivity contribution >= 4 is 73.2 Å². The summed E-state index contributed by atoms with van der Waals surface area (Å²) in [6, 6.07) is 16.0. The number of amides is 6. The van der Waals surface area contributed by atoms with Crippen LogP contribution in [0.15, 0.2) is 89.7 Å². The third-order valence-corrected chi connectivity index (χ3v) is 14.3. The highest BCUT2D eigenvalue weighted by atomic mass is 79.9. The number of para-hydroxylation sites is 2. The SMILES string of the molecule is CC(N)[C@@H]1NC(=O)[C@H](Cc2c[nH]c3ccccc23)NC(=O)C2(CCCC2)NC(=O)[C@H](Cc2c[nH]c3ccccc23)NC(=O)[C@@H]2CC[C@@H](c3ccc(Br)cc3)N2C(=O)[C@H]2CCCN2C1=O. The standard InChI is InChI=1S/C48H54BrN9O6/c1-27(50)41-46(63)57-22-8-13-40(57)45(62)58-38(28-14-16-31(49)17-15-28)18-19-39(58)44(61)53-37(24-30-26-52-35-12-5-3-10-33(30)35)43(60)56-48(20-6-7-21-48)47(64)54-36(42(59)55-41)23-29-25-51-34-11-4-2-9-32(29)34/h2-5,9-12,14-17,25-27,36-41,51-52H,6-8,13,18-24,50H2,1H3,(H,53,61)(H,54,64)(H,55,59)(H,56,60)/t27?,36-,37-,38-,39-,40+,41-/m0/s1. The first-order valence-electron chi connectivity index (χ1n) is 22.4. The first-order chi connectivity index (χ1) is 30.9. The lowest BCUT2D eigenvalue weighted by Crippen LogP contribution is -2.66. The Labute approximate surface area is 379 Å². The van der Waals surface area contributed by atoms with Gasteiger partial charge >= 0.3 is 0 Å². The van der Waals surface area contributed by atoms with Gasteiger partial charge in [0.15, 0.2) is 0 Å². The number of fused-ring (bicyclic) bond motifs is 4. The number of benzene rings is 3. The molecule has 0 bridgehead atoms. The van der Waals surface area contributed by atoms with Crippen molar-refractivity contribution in [1.82, 2.24) is 41.0 Å². The molecule has 1 unspecified atom stereocenters. The fourth-order valence-corrected chi connectivity index (χ4v) is 10.7. The molecular weight excluding hydrogens is 878 g/mol. The average molecular weight is 933 g/mol. The maximum absolute atomic E-state index is 15.2. The van der Waals surface area contributed by atoms with Crippen LogP contribution in [0.4, 0.5) is 0 Å². The summed E-state index contributed by atoms with van der Waals surface area (Å²) in [6.07, 6.45) is 7.28. The van der Waals surface area contributed by atoms with E-state index in [0.29, 0.717) is 51.4 Å². The van der Waals surface area contributed by atoms with Crippen molar-refractivity contribution in [3.8, 4) is 0 Å². The maximum atomic E-state index is 15.2. The fourth-order valence-electron chi connectivity index (χ4n) is 10.4. The lowest BCUT2D eigenvalue weighted by Gasteiger charge is -2.37. The molecule has 5 heterocycles. The van der Waals surface area contributed by atoms with Crippen molar-refractivity contribution in [2.24, 2.45) is 5.73 Å². The third-order valence-electron chi connectivity index (χ3n) is 13.8. The largest absolute Gasteiger partial charge is 0.361 e. The van der Waals surface area contributed by atoms with Crippen LogP contribution < -0.4 is 27.0 Å². The number of carbonyl (C=O) groups excluding carboxylic acids is 6. The number of carbonyl (C=O) groups is 6. The first kappa shape index (κ1) is 43.3. The van der Waals surface area contributed by atoms with Gasteiger partial charge in [0.1, 0.15) is 35.7 Å². The van der Waals surface area contributed by atoms with E-state index in [1.54, 1.807) is 18.0 Å². The number of hydrogen-bond acceptors (Lipinski definition) is 7. The van der Waals surface area contributed by atoms with E-state index in [9.17, 15) is 24.0 Å². The Morgan fingerprint density at radius 1 is 0.672 bits per heavy atom. The average Bonchev–Trinajstić information content (AvgIpc) is 4.15. The van der Waals surface area contributed by atoms with Crippen LogP contribution in [0.3, 0.4) is 0 Å². The molecule has 3 aromatic carbocycles. The molecule has 15 nitrogen and oxygen atoms in total. The van der Waals surface area contributed by atoms with Crippen LogP contribution in [0, 0.1) is 0 Å². The highest BCUT2D eigenvalue weighted by Crippen LogP contribution is 2.39. The molecule has 334 valence electrons. The van der Waals surface area contributed by atoms with Crippen LogP contribution in [-0.4, -0.2) is 104 Å². The number of hydrogen-bond donors (Lipinski definition) is 7. The fraction of sp³-hybridized carbons (Fsp3) is 0.417. The molecule has 3 saturated heterocycles. The number of nitrogens with one attached hydrogen (secondary N) is 6. The van der Waals surface area contributed by atoms with Gasteiger partial charge in [-0.15, -0.1) is 0 Å². The van der Waals surface area contributed by atoms with Crippen LogP contribution in [0.2, 0.25) is 0 Å². The summed E-state index contributed by atoms with van der Waals surface area (Å²) in [7, 11) is 0. The van der Waals surface area contributed by atoms with Gasteiger partial charge in [-0.05, 0) is 86.4 Å². The van der Waals surface area contributed by atoms with E-state index >= 15 is 4.79 Å². The second-order valence-electron chi connectivity index (χ2n) is 17.9. The number of halogens is 1.